The van der Waals surface area contributed by atoms with Gasteiger partial charge < -0.3 is 15.1 Å². The van der Waals surface area contributed by atoms with Gasteiger partial charge in [-0.15, -0.1) is 0 Å². The van der Waals surface area contributed by atoms with Crippen LogP contribution < -0.4 is 19.8 Å². The number of pyridine rings is 1. The van der Waals surface area contributed by atoms with Crippen LogP contribution in [0.3, 0.4) is 0 Å². The summed E-state index contributed by atoms with van der Waals surface area (Å²) in [7, 11) is 4.73. The van der Waals surface area contributed by atoms with E-state index >= 15 is 0 Å². The molecule has 1 heterocycles. The van der Waals surface area contributed by atoms with E-state index in [1.165, 1.54) is 0 Å². The zero-order valence-corrected chi connectivity index (χ0v) is 19.7. The van der Waals surface area contributed by atoms with Crippen LogP contribution in [0.4, 0.5) is 28.4 Å². The minimum absolute atomic E-state index is 0.522. The van der Waals surface area contributed by atoms with Gasteiger partial charge in [-0.2, -0.15) is 0 Å². The Hall–Kier alpha value is -3.52. The van der Waals surface area contributed by atoms with Crippen LogP contribution in [0.15, 0.2) is 60.7 Å². The van der Waals surface area contributed by atoms with Gasteiger partial charge in [0.2, 0.25) is 10.0 Å². The maximum atomic E-state index is 11.5. The van der Waals surface area contributed by atoms with Gasteiger partial charge in [-0.05, 0) is 60.7 Å². The molecule has 0 aliphatic rings. The van der Waals surface area contributed by atoms with Crippen LogP contribution in [-0.4, -0.2) is 47.8 Å². The van der Waals surface area contributed by atoms with E-state index in [0.717, 1.165) is 50.8 Å². The number of benzene rings is 3. The Labute approximate surface area is 188 Å². The molecule has 0 aliphatic heterocycles. The van der Waals surface area contributed by atoms with Crippen LogP contribution in [-0.2, 0) is 10.0 Å². The van der Waals surface area contributed by atoms with Gasteiger partial charge in [0.15, 0.2) is 0 Å². The molecule has 166 valence electrons. The van der Waals surface area contributed by atoms with Crippen molar-refractivity contribution in [1.29, 1.82) is 0 Å². The number of rotatable bonds is 6. The monoisotopic (exact) mass is 449 g/mol. The summed E-state index contributed by atoms with van der Waals surface area (Å²) in [6.07, 6.45) is 1.14. The van der Waals surface area contributed by atoms with E-state index in [4.69, 9.17) is 4.98 Å². The predicted molar refractivity (Wildman–Crippen MR) is 136 cm³/mol. The van der Waals surface area contributed by atoms with Gasteiger partial charge in [0.25, 0.3) is 0 Å². The van der Waals surface area contributed by atoms with Crippen molar-refractivity contribution in [2.45, 2.75) is 0 Å². The SMILES string of the molecule is CN(C)c1ccc2c(Nc3ccc(NS(C)(=O)=O)cc3)c3ccc(N(C)C)cc3nc2c1. The molecular weight excluding hydrogens is 422 g/mol. The van der Waals surface area contributed by atoms with Crippen LogP contribution in [0.25, 0.3) is 21.8 Å². The lowest BCUT2D eigenvalue weighted by molar-refractivity contribution is 0.607. The van der Waals surface area contributed by atoms with E-state index in [1.54, 1.807) is 12.1 Å². The topological polar surface area (TPSA) is 77.6 Å². The molecule has 4 rings (SSSR count). The van der Waals surface area contributed by atoms with Crippen LogP contribution in [0.1, 0.15) is 0 Å². The lowest BCUT2D eigenvalue weighted by Gasteiger charge is -2.18. The van der Waals surface area contributed by atoms with Gasteiger partial charge >= 0.3 is 0 Å². The fraction of sp³-hybridized carbons (Fsp3) is 0.208. The molecule has 0 atom stereocenters. The average molecular weight is 450 g/mol. The van der Waals surface area contributed by atoms with E-state index < -0.39 is 10.0 Å². The summed E-state index contributed by atoms with van der Waals surface area (Å²) in [6, 6.07) is 19.7. The number of sulfonamides is 1. The summed E-state index contributed by atoms with van der Waals surface area (Å²) in [5.74, 6) is 0. The van der Waals surface area contributed by atoms with Crippen LogP contribution >= 0.6 is 0 Å². The van der Waals surface area contributed by atoms with E-state index in [1.807, 2.05) is 40.3 Å². The first-order chi connectivity index (χ1) is 15.1. The van der Waals surface area contributed by atoms with Gasteiger partial charge in [-0.1, -0.05) is 0 Å². The Morgan fingerprint density at radius 2 is 1.19 bits per heavy atom. The molecule has 4 aromatic rings. The predicted octanol–water partition coefficient (Wildman–Crippen LogP) is 4.64. The molecule has 32 heavy (non-hydrogen) atoms. The van der Waals surface area contributed by atoms with Crippen molar-refractivity contribution < 1.29 is 8.42 Å². The van der Waals surface area contributed by atoms with Crippen molar-refractivity contribution >= 4 is 60.3 Å². The molecule has 3 aromatic carbocycles. The molecule has 0 spiro atoms. The highest BCUT2D eigenvalue weighted by atomic mass is 32.2. The minimum Gasteiger partial charge on any atom is -0.378 e. The molecule has 7 nitrogen and oxygen atoms in total. The molecule has 0 saturated heterocycles. The van der Waals surface area contributed by atoms with Crippen molar-refractivity contribution in [3.63, 3.8) is 0 Å². The first kappa shape index (κ1) is 21.7. The summed E-state index contributed by atoms with van der Waals surface area (Å²) in [6.45, 7) is 0. The van der Waals surface area contributed by atoms with Crippen LogP contribution in [0.5, 0.6) is 0 Å². The van der Waals surface area contributed by atoms with E-state index in [0.29, 0.717) is 5.69 Å². The number of nitrogens with one attached hydrogen (secondary N) is 2. The molecule has 8 heteroatoms. The van der Waals surface area contributed by atoms with Crippen molar-refractivity contribution in [2.24, 2.45) is 0 Å². The first-order valence-electron chi connectivity index (χ1n) is 10.2. The lowest BCUT2D eigenvalue weighted by atomic mass is 10.1. The molecule has 0 amide bonds. The summed E-state index contributed by atoms with van der Waals surface area (Å²) in [5.41, 5.74) is 6.30. The minimum atomic E-state index is -3.32. The molecule has 0 bridgehead atoms. The second-order valence-corrected chi connectivity index (χ2v) is 10.0. The number of nitrogens with zero attached hydrogens (tertiary/aromatic N) is 3. The molecule has 0 fully saturated rings. The second kappa shape index (κ2) is 8.20. The third-order valence-electron chi connectivity index (χ3n) is 5.23. The summed E-state index contributed by atoms with van der Waals surface area (Å²) >= 11 is 0. The number of hydrogen-bond acceptors (Lipinski definition) is 6. The summed E-state index contributed by atoms with van der Waals surface area (Å²) in [4.78, 5) is 9.07. The van der Waals surface area contributed by atoms with E-state index in [9.17, 15) is 8.42 Å². The van der Waals surface area contributed by atoms with Gasteiger partial charge in [-0.25, -0.2) is 13.4 Å². The molecule has 0 aliphatic carbocycles. The van der Waals surface area contributed by atoms with Crippen molar-refractivity contribution in [1.82, 2.24) is 4.98 Å². The quantitative estimate of drug-likeness (QED) is 0.418. The fourth-order valence-corrected chi connectivity index (χ4v) is 4.16. The van der Waals surface area contributed by atoms with Crippen molar-refractivity contribution in [3.05, 3.63) is 60.7 Å². The molecular formula is C24H27N5O2S. The van der Waals surface area contributed by atoms with Crippen molar-refractivity contribution in [3.8, 4) is 0 Å². The third-order valence-corrected chi connectivity index (χ3v) is 5.84. The summed E-state index contributed by atoms with van der Waals surface area (Å²) in [5, 5.41) is 5.56. The standard InChI is InChI=1S/C24H27N5O2S/c1-28(2)18-10-12-20-22(14-18)26-23-15-19(29(3)4)11-13-21(23)24(20)25-16-6-8-17(9-7-16)27-32(5,30)31/h6-15,27H,1-5H3,(H,25,26). The van der Waals surface area contributed by atoms with Gasteiger partial charge in [-0.3, -0.25) is 4.72 Å². The van der Waals surface area contributed by atoms with Gasteiger partial charge in [0.1, 0.15) is 0 Å². The maximum Gasteiger partial charge on any atom is 0.229 e. The molecule has 0 saturated carbocycles. The largest absolute Gasteiger partial charge is 0.378 e. The van der Waals surface area contributed by atoms with E-state index in [2.05, 4.69) is 56.2 Å². The molecule has 1 aromatic heterocycles. The average Bonchev–Trinajstić information content (AvgIpc) is 2.72. The zero-order chi connectivity index (χ0) is 23.0. The Balaban J connectivity index is 1.85. The number of fused-ring (bicyclic) bond motifs is 2. The normalized spacial score (nSPS) is 11.5. The number of anilines is 5. The number of hydrogen-bond donors (Lipinski definition) is 2. The van der Waals surface area contributed by atoms with Crippen LogP contribution in [0.2, 0.25) is 0 Å². The lowest BCUT2D eigenvalue weighted by Crippen LogP contribution is -2.09. The van der Waals surface area contributed by atoms with Crippen molar-refractivity contribution in [2.75, 3.05) is 54.3 Å². The van der Waals surface area contributed by atoms with Gasteiger partial charge in [0.05, 0.1) is 23.0 Å². The van der Waals surface area contributed by atoms with Crippen LogP contribution in [0, 0.1) is 0 Å². The fourth-order valence-electron chi connectivity index (χ4n) is 3.59. The maximum absolute atomic E-state index is 11.5. The first-order valence-corrected chi connectivity index (χ1v) is 12.1. The highest BCUT2D eigenvalue weighted by molar-refractivity contribution is 7.92. The van der Waals surface area contributed by atoms with Gasteiger partial charge in [0, 0.05) is 61.7 Å². The highest BCUT2D eigenvalue weighted by Gasteiger charge is 2.12. The Morgan fingerprint density at radius 1 is 0.719 bits per heavy atom. The Kier molecular flexibility index (Phi) is 5.56. The van der Waals surface area contributed by atoms with E-state index in [-0.39, 0.29) is 0 Å². The number of aromatic nitrogens is 1. The Bertz CT molecular complexity index is 1330. The second-order valence-electron chi connectivity index (χ2n) is 8.26. The third kappa shape index (κ3) is 4.55. The zero-order valence-electron chi connectivity index (χ0n) is 18.8. The molecule has 2 N–H and O–H groups in total. The molecule has 0 radical (unpaired) electrons. The highest BCUT2D eigenvalue weighted by Crippen LogP contribution is 2.36. The molecule has 0 unspecified atom stereocenters. The summed E-state index contributed by atoms with van der Waals surface area (Å²) < 4.78 is 25.4. The Morgan fingerprint density at radius 3 is 1.62 bits per heavy atom. The smallest absolute Gasteiger partial charge is 0.229 e.